The Bertz CT molecular complexity index is 857. The summed E-state index contributed by atoms with van der Waals surface area (Å²) >= 11 is 0. The van der Waals surface area contributed by atoms with Gasteiger partial charge in [0.2, 0.25) is 0 Å². The van der Waals surface area contributed by atoms with Gasteiger partial charge in [0.05, 0.1) is 11.6 Å². The van der Waals surface area contributed by atoms with Gasteiger partial charge in [-0.1, -0.05) is 51.1 Å². The monoisotopic (exact) mass is 348 g/mol. The third-order valence-electron chi connectivity index (χ3n) is 5.24. The number of hydrogen-bond donors (Lipinski definition) is 1. The predicted octanol–water partition coefficient (Wildman–Crippen LogP) is 4.89. The van der Waals surface area contributed by atoms with Gasteiger partial charge in [-0.3, -0.25) is 0 Å². The summed E-state index contributed by atoms with van der Waals surface area (Å²) in [6, 6.07) is 16.2. The standard InChI is InChI=1S/C22H24N2O2/c1-22(2,3)20-14-24(21(25)26)11-10-18-12-17(8-9-19(18)20)16-6-4-15(13-23)5-7-16/h4-9,12,20H,10-11,14H2,1-3H3,(H,25,26). The van der Waals surface area contributed by atoms with E-state index in [1.165, 1.54) is 16.0 Å². The molecule has 1 unspecified atom stereocenters. The SMILES string of the molecule is CC(C)(C)C1CN(C(=O)O)CCc2cc(-c3ccc(C#N)cc3)ccc21. The Morgan fingerprint density at radius 2 is 1.81 bits per heavy atom. The van der Waals surface area contributed by atoms with Gasteiger partial charge in [0.1, 0.15) is 0 Å². The van der Waals surface area contributed by atoms with E-state index in [0.717, 1.165) is 17.5 Å². The second-order valence-corrected chi connectivity index (χ2v) is 8.00. The van der Waals surface area contributed by atoms with Crippen LogP contribution in [0.2, 0.25) is 0 Å². The number of benzene rings is 2. The van der Waals surface area contributed by atoms with Gasteiger partial charge in [0, 0.05) is 19.0 Å². The van der Waals surface area contributed by atoms with E-state index in [-0.39, 0.29) is 11.3 Å². The van der Waals surface area contributed by atoms with Crippen LogP contribution >= 0.6 is 0 Å². The highest BCUT2D eigenvalue weighted by atomic mass is 16.4. The van der Waals surface area contributed by atoms with Crippen molar-refractivity contribution < 1.29 is 9.90 Å². The first kappa shape index (κ1) is 18.0. The van der Waals surface area contributed by atoms with Crippen molar-refractivity contribution in [1.29, 1.82) is 5.26 Å². The van der Waals surface area contributed by atoms with Crippen LogP contribution in [-0.2, 0) is 6.42 Å². The van der Waals surface area contributed by atoms with Gasteiger partial charge in [-0.05, 0) is 46.2 Å². The molecule has 3 rings (SSSR count). The molecule has 134 valence electrons. The maximum absolute atomic E-state index is 11.6. The molecule has 1 amide bonds. The molecule has 0 saturated heterocycles. The summed E-state index contributed by atoms with van der Waals surface area (Å²) < 4.78 is 0. The maximum Gasteiger partial charge on any atom is 0.407 e. The molecule has 0 spiro atoms. The molecule has 0 bridgehead atoms. The molecule has 0 aliphatic carbocycles. The molecular formula is C22H24N2O2. The van der Waals surface area contributed by atoms with Crippen molar-refractivity contribution in [3.8, 4) is 17.2 Å². The molecule has 4 nitrogen and oxygen atoms in total. The zero-order chi connectivity index (χ0) is 18.9. The summed E-state index contributed by atoms with van der Waals surface area (Å²) in [6.07, 6.45) is -0.127. The van der Waals surface area contributed by atoms with Gasteiger partial charge in [-0.2, -0.15) is 5.26 Å². The topological polar surface area (TPSA) is 64.3 Å². The lowest BCUT2D eigenvalue weighted by Gasteiger charge is -2.33. The van der Waals surface area contributed by atoms with E-state index in [1.54, 1.807) is 0 Å². The molecule has 0 saturated carbocycles. The number of carbonyl (C=O) groups is 1. The highest BCUT2D eigenvalue weighted by Crippen LogP contribution is 2.40. The summed E-state index contributed by atoms with van der Waals surface area (Å²) in [4.78, 5) is 13.1. The van der Waals surface area contributed by atoms with Gasteiger partial charge >= 0.3 is 6.09 Å². The molecule has 2 aromatic carbocycles. The lowest BCUT2D eigenvalue weighted by Crippen LogP contribution is -2.36. The third kappa shape index (κ3) is 3.57. The quantitative estimate of drug-likeness (QED) is 0.798. The number of amides is 1. The highest BCUT2D eigenvalue weighted by molar-refractivity contribution is 5.67. The van der Waals surface area contributed by atoms with E-state index in [9.17, 15) is 9.90 Å². The van der Waals surface area contributed by atoms with Crippen LogP contribution in [0.1, 0.15) is 43.4 Å². The molecule has 1 N–H and O–H groups in total. The first-order valence-electron chi connectivity index (χ1n) is 8.91. The van der Waals surface area contributed by atoms with Crippen LogP contribution < -0.4 is 0 Å². The summed E-state index contributed by atoms with van der Waals surface area (Å²) in [5.41, 5.74) is 5.26. The molecule has 0 fully saturated rings. The predicted molar refractivity (Wildman–Crippen MR) is 102 cm³/mol. The molecule has 1 aliphatic rings. The third-order valence-corrected chi connectivity index (χ3v) is 5.24. The molecule has 0 radical (unpaired) electrons. The fourth-order valence-electron chi connectivity index (χ4n) is 3.66. The van der Waals surface area contributed by atoms with Crippen LogP contribution in [0, 0.1) is 16.7 Å². The average Bonchev–Trinajstić information content (AvgIpc) is 2.81. The number of hydrogen-bond acceptors (Lipinski definition) is 2. The summed E-state index contributed by atoms with van der Waals surface area (Å²) in [7, 11) is 0. The fraction of sp³-hybridized carbons (Fsp3) is 0.364. The second kappa shape index (κ2) is 6.84. The van der Waals surface area contributed by atoms with Gasteiger partial charge in [-0.15, -0.1) is 0 Å². The Balaban J connectivity index is 2.02. The summed E-state index contributed by atoms with van der Waals surface area (Å²) in [6.45, 7) is 7.55. The van der Waals surface area contributed by atoms with Crippen molar-refractivity contribution in [1.82, 2.24) is 4.90 Å². The number of nitriles is 1. The Kier molecular flexibility index (Phi) is 4.73. The fourth-order valence-corrected chi connectivity index (χ4v) is 3.66. The number of nitrogens with zero attached hydrogens (tertiary/aromatic N) is 2. The van der Waals surface area contributed by atoms with E-state index in [4.69, 9.17) is 5.26 Å². The summed E-state index contributed by atoms with van der Waals surface area (Å²) in [5.74, 6) is 0.158. The molecule has 1 aliphatic heterocycles. The lowest BCUT2D eigenvalue weighted by molar-refractivity contribution is 0.135. The lowest BCUT2D eigenvalue weighted by atomic mass is 9.74. The van der Waals surface area contributed by atoms with Crippen molar-refractivity contribution in [3.05, 3.63) is 59.2 Å². The first-order valence-corrected chi connectivity index (χ1v) is 8.91. The molecular weight excluding hydrogens is 324 g/mol. The number of carboxylic acid groups (broad SMARTS) is 1. The van der Waals surface area contributed by atoms with Crippen molar-refractivity contribution in [2.75, 3.05) is 13.1 Å². The Labute approximate surface area is 154 Å². The van der Waals surface area contributed by atoms with Crippen molar-refractivity contribution in [2.45, 2.75) is 33.1 Å². The van der Waals surface area contributed by atoms with E-state index in [2.05, 4.69) is 45.0 Å². The number of rotatable bonds is 1. The first-order chi connectivity index (χ1) is 12.3. The van der Waals surface area contributed by atoms with Crippen LogP contribution in [0.4, 0.5) is 4.79 Å². The highest BCUT2D eigenvalue weighted by Gasteiger charge is 2.33. The molecule has 2 aromatic rings. The van der Waals surface area contributed by atoms with Crippen LogP contribution in [0.5, 0.6) is 0 Å². The minimum absolute atomic E-state index is 0.0250. The zero-order valence-corrected chi connectivity index (χ0v) is 15.5. The van der Waals surface area contributed by atoms with Gasteiger partial charge in [0.15, 0.2) is 0 Å². The second-order valence-electron chi connectivity index (χ2n) is 8.00. The molecule has 0 aromatic heterocycles. The van der Waals surface area contributed by atoms with E-state index in [0.29, 0.717) is 18.7 Å². The van der Waals surface area contributed by atoms with E-state index >= 15 is 0 Å². The Hall–Kier alpha value is -2.80. The smallest absolute Gasteiger partial charge is 0.407 e. The Morgan fingerprint density at radius 3 is 2.38 bits per heavy atom. The van der Waals surface area contributed by atoms with Crippen molar-refractivity contribution >= 4 is 6.09 Å². The van der Waals surface area contributed by atoms with Crippen molar-refractivity contribution in [3.63, 3.8) is 0 Å². The van der Waals surface area contributed by atoms with E-state index < -0.39 is 6.09 Å². The molecule has 1 atom stereocenters. The molecule has 1 heterocycles. The van der Waals surface area contributed by atoms with Crippen LogP contribution in [0.25, 0.3) is 11.1 Å². The van der Waals surface area contributed by atoms with Crippen LogP contribution in [-0.4, -0.2) is 29.2 Å². The minimum atomic E-state index is -0.848. The molecule has 26 heavy (non-hydrogen) atoms. The van der Waals surface area contributed by atoms with Gasteiger partial charge in [-0.25, -0.2) is 4.79 Å². The maximum atomic E-state index is 11.6. The largest absolute Gasteiger partial charge is 0.465 e. The van der Waals surface area contributed by atoms with Crippen LogP contribution in [0.3, 0.4) is 0 Å². The normalized spacial score (nSPS) is 17.2. The average molecular weight is 348 g/mol. The van der Waals surface area contributed by atoms with Crippen LogP contribution in [0.15, 0.2) is 42.5 Å². The number of fused-ring (bicyclic) bond motifs is 1. The molecule has 4 heteroatoms. The van der Waals surface area contributed by atoms with Crippen molar-refractivity contribution in [2.24, 2.45) is 5.41 Å². The Morgan fingerprint density at radius 1 is 1.15 bits per heavy atom. The summed E-state index contributed by atoms with van der Waals surface area (Å²) in [5, 5.41) is 18.5. The van der Waals surface area contributed by atoms with E-state index in [1.807, 2.05) is 24.3 Å². The van der Waals surface area contributed by atoms with Gasteiger partial charge < -0.3 is 10.0 Å². The zero-order valence-electron chi connectivity index (χ0n) is 15.5. The minimum Gasteiger partial charge on any atom is -0.465 e. The van der Waals surface area contributed by atoms with Gasteiger partial charge in [0.25, 0.3) is 0 Å².